The van der Waals surface area contributed by atoms with Gasteiger partial charge in [-0.2, -0.15) is 23.4 Å². The molecule has 0 aliphatic carbocycles. The van der Waals surface area contributed by atoms with E-state index >= 15 is 0 Å². The van der Waals surface area contributed by atoms with Gasteiger partial charge in [-0.15, -0.1) is 0 Å². The van der Waals surface area contributed by atoms with Crippen molar-refractivity contribution in [1.82, 2.24) is 19.6 Å². The minimum absolute atomic E-state index is 0.0314. The molecule has 0 spiro atoms. The second-order valence-corrected chi connectivity index (χ2v) is 9.32. The number of alkyl halides is 3. The van der Waals surface area contributed by atoms with Gasteiger partial charge in [-0.1, -0.05) is 40.9 Å². The maximum absolute atomic E-state index is 14.4. The maximum atomic E-state index is 14.4. The molecule has 2 aliphatic rings. The molecule has 0 amide bonds. The Kier molecular flexibility index (Phi) is 6.47. The molecule has 3 aromatic rings. The highest BCUT2D eigenvalue weighted by molar-refractivity contribution is 6.36. The maximum Gasteiger partial charge on any atom is 0.416 e. The molecule has 5 rings (SSSR count). The Bertz CT molecular complexity index is 1660. The van der Waals surface area contributed by atoms with E-state index in [0.717, 1.165) is 16.8 Å². The predicted octanol–water partition coefficient (Wildman–Crippen LogP) is 7.37. The highest BCUT2D eigenvalue weighted by Gasteiger charge is 2.31. The Labute approximate surface area is 221 Å². The van der Waals surface area contributed by atoms with E-state index in [0.29, 0.717) is 38.1 Å². The number of rotatable bonds is 4. The van der Waals surface area contributed by atoms with Gasteiger partial charge >= 0.3 is 6.18 Å². The first kappa shape index (κ1) is 25.3. The van der Waals surface area contributed by atoms with Gasteiger partial charge < -0.3 is 0 Å². The summed E-state index contributed by atoms with van der Waals surface area (Å²) in [6.45, 7) is -0.392. The van der Waals surface area contributed by atoms with Crippen molar-refractivity contribution in [3.8, 4) is 28.3 Å². The molecular formula is C25H13Cl3F4N4O. The third kappa shape index (κ3) is 4.94. The lowest BCUT2D eigenvalue weighted by atomic mass is 10.1. The fourth-order valence-electron chi connectivity index (χ4n) is 3.78. The number of fused-ring (bicyclic) bond motifs is 1. The van der Waals surface area contributed by atoms with E-state index in [9.17, 15) is 22.4 Å². The zero-order valence-corrected chi connectivity index (χ0v) is 20.7. The topological polar surface area (TPSA) is 52.7 Å². The number of hydrogen-bond acceptors (Lipinski definition) is 3. The summed E-state index contributed by atoms with van der Waals surface area (Å²) in [6.07, 6.45) is -4.69. The lowest BCUT2D eigenvalue weighted by Crippen LogP contribution is -2.20. The second kappa shape index (κ2) is 9.48. The van der Waals surface area contributed by atoms with Crippen LogP contribution in [-0.2, 0) is 12.7 Å². The molecule has 5 nitrogen and oxygen atoms in total. The summed E-state index contributed by atoms with van der Waals surface area (Å²) >= 11 is 18.5. The fraction of sp³-hybridized carbons (Fsp3) is 0.0800. The average molecular weight is 568 g/mol. The van der Waals surface area contributed by atoms with E-state index in [1.807, 2.05) is 0 Å². The molecule has 0 N–H and O–H groups in total. The van der Waals surface area contributed by atoms with Crippen LogP contribution in [0.2, 0.25) is 15.1 Å². The van der Waals surface area contributed by atoms with Crippen LogP contribution in [0.15, 0.2) is 71.5 Å². The molecule has 0 saturated carbocycles. The van der Waals surface area contributed by atoms with Gasteiger partial charge in [-0.25, -0.2) is 13.8 Å². The highest BCUT2D eigenvalue weighted by Crippen LogP contribution is 2.34. The molecule has 2 heterocycles. The normalized spacial score (nSPS) is 11.9. The fourth-order valence-corrected chi connectivity index (χ4v) is 4.41. The summed E-state index contributed by atoms with van der Waals surface area (Å²) in [5, 5.41) is 9.98. The van der Waals surface area contributed by atoms with Gasteiger partial charge in [0.25, 0.3) is 5.56 Å². The van der Waals surface area contributed by atoms with Gasteiger partial charge in [-0.3, -0.25) is 4.79 Å². The Morgan fingerprint density at radius 3 is 2.19 bits per heavy atom. The van der Waals surface area contributed by atoms with Crippen molar-refractivity contribution in [2.24, 2.45) is 0 Å². The van der Waals surface area contributed by atoms with Crippen LogP contribution in [0, 0.1) is 5.82 Å². The van der Waals surface area contributed by atoms with Gasteiger partial charge in [0.2, 0.25) is 0 Å². The highest BCUT2D eigenvalue weighted by atomic mass is 35.5. The molecule has 0 saturated heterocycles. The SMILES string of the molecule is O=c1c2nn(-c3ccc(Cl)cc3)c(-c3ccc(Cl)cc3Cl)cc-2nn1Cc1ccc(C(F)(F)F)cc1F. The van der Waals surface area contributed by atoms with Gasteiger partial charge in [0.05, 0.1) is 28.5 Å². The van der Waals surface area contributed by atoms with E-state index in [-0.39, 0.29) is 17.0 Å². The number of hydrogen-bond donors (Lipinski definition) is 0. The molecule has 37 heavy (non-hydrogen) atoms. The molecule has 2 aliphatic heterocycles. The minimum Gasteiger partial charge on any atom is -0.265 e. The lowest BCUT2D eigenvalue weighted by Gasteiger charge is -2.15. The first-order valence-electron chi connectivity index (χ1n) is 10.6. The lowest BCUT2D eigenvalue weighted by molar-refractivity contribution is -0.137. The number of benzene rings is 3. The molecule has 3 aromatic carbocycles. The summed E-state index contributed by atoms with van der Waals surface area (Å²) < 4.78 is 55.5. The largest absolute Gasteiger partial charge is 0.416 e. The van der Waals surface area contributed by atoms with Crippen LogP contribution >= 0.6 is 34.8 Å². The van der Waals surface area contributed by atoms with Crippen LogP contribution in [-0.4, -0.2) is 19.6 Å². The average Bonchev–Trinajstić information content (AvgIpc) is 3.14. The summed E-state index contributed by atoms with van der Waals surface area (Å²) in [6, 6.07) is 15.3. The molecule has 0 aromatic heterocycles. The molecule has 0 fully saturated rings. The zero-order valence-electron chi connectivity index (χ0n) is 18.4. The molecule has 188 valence electrons. The summed E-state index contributed by atoms with van der Waals surface area (Å²) in [4.78, 5) is 13.1. The quantitative estimate of drug-likeness (QED) is 0.213. The summed E-state index contributed by atoms with van der Waals surface area (Å²) in [5.74, 6) is -1.10. The first-order chi connectivity index (χ1) is 17.5. The standard InChI is InChI=1S/C25H13Cl3F4N4O/c26-15-3-6-17(7-4-15)36-22(18-8-5-16(27)10-19(18)28)11-21-23(34-36)24(37)35(33-21)12-13-1-2-14(9-20(13)29)25(30,31)32/h1-11H,12H2. The third-order valence-electron chi connectivity index (χ3n) is 5.59. The van der Waals surface area contributed by atoms with Gasteiger partial charge in [0, 0.05) is 21.2 Å². The molecule has 12 heteroatoms. The Balaban J connectivity index is 1.66. The Morgan fingerprint density at radius 2 is 1.54 bits per heavy atom. The van der Waals surface area contributed by atoms with Gasteiger partial charge in [0.1, 0.15) is 11.5 Å². The van der Waals surface area contributed by atoms with Crippen molar-refractivity contribution in [3.05, 3.63) is 109 Å². The van der Waals surface area contributed by atoms with Crippen LogP contribution in [0.3, 0.4) is 0 Å². The van der Waals surface area contributed by atoms with E-state index in [4.69, 9.17) is 34.8 Å². The van der Waals surface area contributed by atoms with Crippen LogP contribution in [0.1, 0.15) is 11.1 Å². The molecular weight excluding hydrogens is 555 g/mol. The summed E-state index contributed by atoms with van der Waals surface area (Å²) in [5.41, 5.74) is -0.173. The van der Waals surface area contributed by atoms with E-state index in [1.165, 1.54) is 4.68 Å². The van der Waals surface area contributed by atoms with Crippen molar-refractivity contribution < 1.29 is 17.6 Å². The van der Waals surface area contributed by atoms with Crippen LogP contribution < -0.4 is 5.56 Å². The second-order valence-electron chi connectivity index (χ2n) is 8.04. The Morgan fingerprint density at radius 1 is 0.838 bits per heavy atom. The molecule has 0 unspecified atom stereocenters. The number of halogens is 7. The zero-order chi connectivity index (χ0) is 26.5. The third-order valence-corrected chi connectivity index (χ3v) is 6.39. The van der Waals surface area contributed by atoms with E-state index < -0.39 is 29.7 Å². The summed E-state index contributed by atoms with van der Waals surface area (Å²) in [7, 11) is 0. The smallest absolute Gasteiger partial charge is 0.265 e. The Hall–Kier alpha value is -3.40. The number of aromatic nitrogens is 4. The minimum atomic E-state index is -4.69. The van der Waals surface area contributed by atoms with Crippen LogP contribution in [0.4, 0.5) is 17.6 Å². The van der Waals surface area contributed by atoms with Crippen LogP contribution in [0.25, 0.3) is 28.3 Å². The molecule has 0 atom stereocenters. The molecule has 0 bridgehead atoms. The number of nitrogens with zero attached hydrogens (tertiary/aromatic N) is 4. The van der Waals surface area contributed by atoms with Crippen molar-refractivity contribution in [1.29, 1.82) is 0 Å². The molecule has 0 radical (unpaired) electrons. The van der Waals surface area contributed by atoms with Crippen molar-refractivity contribution in [2.45, 2.75) is 12.7 Å². The van der Waals surface area contributed by atoms with E-state index in [2.05, 4.69) is 10.2 Å². The monoisotopic (exact) mass is 566 g/mol. The first-order valence-corrected chi connectivity index (χ1v) is 11.7. The van der Waals surface area contributed by atoms with Crippen LogP contribution in [0.5, 0.6) is 0 Å². The van der Waals surface area contributed by atoms with Gasteiger partial charge in [-0.05, 0) is 60.7 Å². The van der Waals surface area contributed by atoms with Crippen molar-refractivity contribution >= 4 is 34.8 Å². The van der Waals surface area contributed by atoms with Crippen molar-refractivity contribution in [3.63, 3.8) is 0 Å². The van der Waals surface area contributed by atoms with Gasteiger partial charge in [0.15, 0.2) is 5.69 Å². The van der Waals surface area contributed by atoms with E-state index in [1.54, 1.807) is 48.5 Å². The predicted molar refractivity (Wildman–Crippen MR) is 133 cm³/mol. The van der Waals surface area contributed by atoms with Crippen molar-refractivity contribution in [2.75, 3.05) is 0 Å².